The highest BCUT2D eigenvalue weighted by Gasteiger charge is 2.53. The first-order valence-corrected chi connectivity index (χ1v) is 8.22. The van der Waals surface area contributed by atoms with Crippen LogP contribution in [0.5, 0.6) is 0 Å². The van der Waals surface area contributed by atoms with Gasteiger partial charge in [-0.1, -0.05) is 54.6 Å². The Balaban J connectivity index is 2.03. The van der Waals surface area contributed by atoms with Crippen molar-refractivity contribution in [3.8, 4) is 0 Å². The Labute approximate surface area is 142 Å². The van der Waals surface area contributed by atoms with Crippen molar-refractivity contribution in [1.82, 2.24) is 0 Å². The van der Waals surface area contributed by atoms with Crippen LogP contribution in [0.3, 0.4) is 0 Å². The molecule has 0 aromatic heterocycles. The van der Waals surface area contributed by atoms with Crippen molar-refractivity contribution in [2.75, 3.05) is 0 Å². The molecule has 3 rings (SSSR count). The summed E-state index contributed by atoms with van der Waals surface area (Å²) in [4.78, 5) is 26.2. The summed E-state index contributed by atoms with van der Waals surface area (Å²) in [5, 5.41) is 0. The van der Waals surface area contributed by atoms with Crippen molar-refractivity contribution < 1.29 is 14.3 Å². The van der Waals surface area contributed by atoms with Gasteiger partial charge in [0.1, 0.15) is 11.0 Å². The molecule has 0 spiro atoms. The molecular formula is C21H22O3. The van der Waals surface area contributed by atoms with E-state index in [-0.39, 0.29) is 5.78 Å². The minimum Gasteiger partial charge on any atom is -0.459 e. The van der Waals surface area contributed by atoms with E-state index in [1.807, 2.05) is 69.3 Å². The average molecular weight is 322 g/mol. The molecule has 0 bridgehead atoms. The number of ketones is 1. The highest BCUT2D eigenvalue weighted by Crippen LogP contribution is 2.41. The Hall–Kier alpha value is -2.42. The second-order valence-electron chi connectivity index (χ2n) is 7.41. The molecule has 0 fully saturated rings. The molecule has 1 aliphatic carbocycles. The summed E-state index contributed by atoms with van der Waals surface area (Å²) in [6.07, 6.45) is 0.752. The molecule has 24 heavy (non-hydrogen) atoms. The van der Waals surface area contributed by atoms with Crippen molar-refractivity contribution in [3.63, 3.8) is 0 Å². The summed E-state index contributed by atoms with van der Waals surface area (Å²) in [7, 11) is 0. The molecule has 0 radical (unpaired) electrons. The third-order valence-electron chi connectivity index (χ3n) is 4.33. The Bertz CT molecular complexity index is 771. The first-order valence-electron chi connectivity index (χ1n) is 8.22. The van der Waals surface area contributed by atoms with Gasteiger partial charge in [0, 0.05) is 5.56 Å². The van der Waals surface area contributed by atoms with Gasteiger partial charge in [-0.15, -0.1) is 0 Å². The zero-order valence-corrected chi connectivity index (χ0v) is 14.3. The third-order valence-corrected chi connectivity index (χ3v) is 4.33. The van der Waals surface area contributed by atoms with E-state index in [2.05, 4.69) is 0 Å². The van der Waals surface area contributed by atoms with Crippen molar-refractivity contribution in [2.45, 2.75) is 39.2 Å². The van der Waals surface area contributed by atoms with E-state index >= 15 is 0 Å². The van der Waals surface area contributed by atoms with Crippen LogP contribution >= 0.6 is 0 Å². The van der Waals surface area contributed by atoms with Crippen LogP contribution in [-0.4, -0.2) is 17.4 Å². The molecule has 0 saturated heterocycles. The summed E-state index contributed by atoms with van der Waals surface area (Å²) in [6, 6.07) is 17.1. The van der Waals surface area contributed by atoms with Gasteiger partial charge in [-0.2, -0.15) is 0 Å². The first-order chi connectivity index (χ1) is 11.3. The number of benzene rings is 2. The normalized spacial score (nSPS) is 19.9. The predicted octanol–water partition coefficient (Wildman–Crippen LogP) is 4.00. The smallest absolute Gasteiger partial charge is 0.321 e. The number of rotatable bonds is 3. The number of Topliss-reactive ketones (excluding diaryl/α,β-unsaturated/α-hetero) is 1. The zero-order chi connectivity index (χ0) is 17.4. The Morgan fingerprint density at radius 3 is 2.29 bits per heavy atom. The standard InChI is InChI=1S/C21H22O3/c1-20(2,3)24-19(23)21(13-15-9-5-4-6-10-15)14-16-11-7-8-12-17(16)18(21)22/h4-12H,13-14H2,1-3H3/t21-/m1/s1. The van der Waals surface area contributed by atoms with Crippen molar-refractivity contribution in [3.05, 3.63) is 71.3 Å². The lowest BCUT2D eigenvalue weighted by Gasteiger charge is -2.30. The zero-order valence-electron chi connectivity index (χ0n) is 14.3. The van der Waals surface area contributed by atoms with Crippen molar-refractivity contribution in [2.24, 2.45) is 5.41 Å². The molecule has 1 aliphatic rings. The molecule has 2 aromatic rings. The highest BCUT2D eigenvalue weighted by molar-refractivity contribution is 6.16. The van der Waals surface area contributed by atoms with Gasteiger partial charge in [-0.25, -0.2) is 0 Å². The SMILES string of the molecule is CC(C)(C)OC(=O)[C@]1(Cc2ccccc2)Cc2ccccc2C1=O. The second kappa shape index (κ2) is 5.90. The molecule has 0 saturated carbocycles. The molecule has 124 valence electrons. The molecule has 0 unspecified atom stereocenters. The lowest BCUT2D eigenvalue weighted by Crippen LogP contribution is -2.43. The van der Waals surface area contributed by atoms with E-state index < -0.39 is 17.0 Å². The van der Waals surface area contributed by atoms with Gasteiger partial charge in [-0.05, 0) is 44.7 Å². The number of hydrogen-bond acceptors (Lipinski definition) is 3. The van der Waals surface area contributed by atoms with Gasteiger partial charge in [0.25, 0.3) is 0 Å². The summed E-state index contributed by atoms with van der Waals surface area (Å²) in [5.41, 5.74) is 0.724. The van der Waals surface area contributed by atoms with Crippen LogP contribution in [0.4, 0.5) is 0 Å². The number of carbonyl (C=O) groups is 2. The van der Waals surface area contributed by atoms with Crippen LogP contribution in [0, 0.1) is 5.41 Å². The maximum atomic E-state index is 13.1. The van der Waals surface area contributed by atoms with Crippen LogP contribution in [0.15, 0.2) is 54.6 Å². The van der Waals surface area contributed by atoms with E-state index in [4.69, 9.17) is 4.74 Å². The second-order valence-corrected chi connectivity index (χ2v) is 7.41. The summed E-state index contributed by atoms with van der Waals surface area (Å²) < 4.78 is 5.64. The maximum Gasteiger partial charge on any atom is 0.321 e. The summed E-state index contributed by atoms with van der Waals surface area (Å²) >= 11 is 0. The van der Waals surface area contributed by atoms with Gasteiger partial charge in [0.2, 0.25) is 0 Å². The maximum absolute atomic E-state index is 13.1. The van der Waals surface area contributed by atoms with Gasteiger partial charge in [0.05, 0.1) is 0 Å². The Morgan fingerprint density at radius 2 is 1.67 bits per heavy atom. The lowest BCUT2D eigenvalue weighted by molar-refractivity contribution is -0.164. The molecule has 0 N–H and O–H groups in total. The van der Waals surface area contributed by atoms with E-state index in [0.29, 0.717) is 18.4 Å². The highest BCUT2D eigenvalue weighted by atomic mass is 16.6. The number of carbonyl (C=O) groups excluding carboxylic acids is 2. The Kier molecular flexibility index (Phi) is 4.04. The van der Waals surface area contributed by atoms with Crippen LogP contribution < -0.4 is 0 Å². The summed E-state index contributed by atoms with van der Waals surface area (Å²) in [5.74, 6) is -0.559. The van der Waals surface area contributed by atoms with E-state index in [1.165, 1.54) is 0 Å². The van der Waals surface area contributed by atoms with Crippen LogP contribution in [-0.2, 0) is 22.4 Å². The Morgan fingerprint density at radius 1 is 1.04 bits per heavy atom. The predicted molar refractivity (Wildman–Crippen MR) is 92.9 cm³/mol. The first kappa shape index (κ1) is 16.4. The molecule has 0 aliphatic heterocycles. The van der Waals surface area contributed by atoms with E-state index in [1.54, 1.807) is 6.07 Å². The molecule has 3 nitrogen and oxygen atoms in total. The van der Waals surface area contributed by atoms with Gasteiger partial charge >= 0.3 is 5.97 Å². The van der Waals surface area contributed by atoms with Crippen LogP contribution in [0.25, 0.3) is 0 Å². The summed E-state index contributed by atoms with van der Waals surface area (Å²) in [6.45, 7) is 5.48. The fraction of sp³-hybridized carbons (Fsp3) is 0.333. The number of esters is 1. The van der Waals surface area contributed by atoms with Crippen molar-refractivity contribution >= 4 is 11.8 Å². The number of ether oxygens (including phenoxy) is 1. The molecule has 3 heteroatoms. The fourth-order valence-corrected chi connectivity index (χ4v) is 3.26. The molecule has 0 heterocycles. The van der Waals surface area contributed by atoms with Gasteiger partial charge < -0.3 is 4.74 Å². The van der Waals surface area contributed by atoms with E-state index in [9.17, 15) is 9.59 Å². The quantitative estimate of drug-likeness (QED) is 0.634. The van der Waals surface area contributed by atoms with Gasteiger partial charge in [0.15, 0.2) is 5.78 Å². The minimum atomic E-state index is -1.17. The third kappa shape index (κ3) is 2.99. The van der Waals surface area contributed by atoms with Crippen LogP contribution in [0.2, 0.25) is 0 Å². The van der Waals surface area contributed by atoms with Crippen molar-refractivity contribution in [1.29, 1.82) is 0 Å². The lowest BCUT2D eigenvalue weighted by atomic mass is 9.77. The number of fused-ring (bicyclic) bond motifs is 1. The molecule has 1 atom stereocenters. The topological polar surface area (TPSA) is 43.4 Å². The minimum absolute atomic E-state index is 0.129. The fourth-order valence-electron chi connectivity index (χ4n) is 3.26. The van der Waals surface area contributed by atoms with E-state index in [0.717, 1.165) is 11.1 Å². The largest absolute Gasteiger partial charge is 0.459 e. The molecule has 0 amide bonds. The molecule has 2 aromatic carbocycles. The van der Waals surface area contributed by atoms with Crippen LogP contribution in [0.1, 0.15) is 42.3 Å². The monoisotopic (exact) mass is 322 g/mol. The number of hydrogen-bond donors (Lipinski definition) is 0. The molecular weight excluding hydrogens is 300 g/mol. The average Bonchev–Trinajstić information content (AvgIpc) is 2.81. The van der Waals surface area contributed by atoms with Gasteiger partial charge in [-0.3, -0.25) is 9.59 Å².